The predicted octanol–water partition coefficient (Wildman–Crippen LogP) is -0.386. The van der Waals surface area contributed by atoms with Gasteiger partial charge in [-0.05, 0) is 39.6 Å². The van der Waals surface area contributed by atoms with Gasteiger partial charge in [-0.15, -0.1) is 0 Å². The second-order valence-electron chi connectivity index (χ2n) is 7.32. The first-order chi connectivity index (χ1) is 14.6. The molecule has 1 heterocycles. The second-order valence-corrected chi connectivity index (χ2v) is 8.18. The van der Waals surface area contributed by atoms with Crippen LogP contribution in [-0.4, -0.2) is 41.3 Å². The van der Waals surface area contributed by atoms with E-state index in [9.17, 15) is 14.4 Å². The number of carbonyl (C=O) groups is 3. The summed E-state index contributed by atoms with van der Waals surface area (Å²) < 4.78 is 17.1. The topological polar surface area (TPSA) is 82.8 Å². The van der Waals surface area contributed by atoms with Crippen LogP contribution in [0.1, 0.15) is 42.5 Å². The molecular formula is C21H20B3BrO6. The number of benzene rings is 2. The molecule has 31 heavy (non-hydrogen) atoms. The minimum absolute atomic E-state index is 0.201. The summed E-state index contributed by atoms with van der Waals surface area (Å²) in [6.07, 6.45) is 0.517. The van der Waals surface area contributed by atoms with Gasteiger partial charge in [0.2, 0.25) is 0 Å². The van der Waals surface area contributed by atoms with Crippen LogP contribution in [0, 0.1) is 0 Å². The fraction of sp³-hybridized carbons (Fsp3) is 0.190. The van der Waals surface area contributed by atoms with E-state index in [1.54, 1.807) is 18.2 Å². The van der Waals surface area contributed by atoms with Crippen LogP contribution < -0.4 is 25.9 Å². The molecule has 156 valence electrons. The number of fused-ring (bicyclic) bond motifs is 1. The van der Waals surface area contributed by atoms with Gasteiger partial charge in [-0.25, -0.2) is 0 Å². The van der Waals surface area contributed by atoms with Crippen LogP contribution >= 0.6 is 15.9 Å². The molecule has 0 atom stereocenters. The first-order valence-corrected chi connectivity index (χ1v) is 10.6. The van der Waals surface area contributed by atoms with Crippen molar-refractivity contribution in [2.24, 2.45) is 0 Å². The van der Waals surface area contributed by atoms with Gasteiger partial charge in [0.1, 0.15) is 46.4 Å². The standard InChI is InChI=1S/C21H20B3BrO6/c1-4-12-14(19(28)10-5-6-13(11(25)7-10)29-8(2)26)15-16(22)17(23)21(30-9(3)27)18(24)20(15)31-12/h5-7H,4,22-24H2,1-3H3. The number of ketones is 1. The molecule has 0 radical (unpaired) electrons. The molecule has 0 bridgehead atoms. The molecule has 3 aromatic rings. The van der Waals surface area contributed by atoms with Crippen molar-refractivity contribution in [3.8, 4) is 11.5 Å². The van der Waals surface area contributed by atoms with E-state index in [4.69, 9.17) is 13.9 Å². The van der Waals surface area contributed by atoms with E-state index in [1.807, 2.05) is 30.5 Å². The van der Waals surface area contributed by atoms with Crippen LogP contribution in [0.15, 0.2) is 27.1 Å². The number of hydrogen-bond donors (Lipinski definition) is 0. The third-order valence-corrected chi connectivity index (χ3v) is 5.80. The van der Waals surface area contributed by atoms with Gasteiger partial charge >= 0.3 is 11.9 Å². The van der Waals surface area contributed by atoms with Gasteiger partial charge in [-0.3, -0.25) is 14.4 Å². The number of rotatable bonds is 5. The lowest BCUT2D eigenvalue weighted by Gasteiger charge is -2.14. The zero-order valence-electron chi connectivity index (χ0n) is 18.3. The summed E-state index contributed by atoms with van der Waals surface area (Å²) in [6, 6.07) is 4.82. The summed E-state index contributed by atoms with van der Waals surface area (Å²) in [6.45, 7) is 4.58. The van der Waals surface area contributed by atoms with Gasteiger partial charge in [-0.2, -0.15) is 0 Å². The number of aryl methyl sites for hydroxylation is 1. The lowest BCUT2D eigenvalue weighted by Crippen LogP contribution is -2.35. The first-order valence-electron chi connectivity index (χ1n) is 9.82. The fourth-order valence-electron chi connectivity index (χ4n) is 3.65. The van der Waals surface area contributed by atoms with Gasteiger partial charge in [0.05, 0.1) is 10.0 Å². The molecule has 0 saturated heterocycles. The van der Waals surface area contributed by atoms with Gasteiger partial charge < -0.3 is 13.9 Å². The molecular weight excluding hydrogens is 461 g/mol. The van der Waals surface area contributed by atoms with E-state index in [2.05, 4.69) is 15.9 Å². The normalized spacial score (nSPS) is 10.8. The first kappa shape index (κ1) is 22.9. The van der Waals surface area contributed by atoms with Gasteiger partial charge in [0.25, 0.3) is 0 Å². The SMILES string of the molecule is Bc1c(OC(C)=O)c(B)c2oc(CC)c(C(=O)c3ccc(OC(C)=O)c(Br)c3)c2c1B. The molecule has 0 aliphatic rings. The Hall–Kier alpha value is -2.74. The van der Waals surface area contributed by atoms with Gasteiger partial charge in [0, 0.05) is 31.2 Å². The maximum atomic E-state index is 13.6. The largest absolute Gasteiger partial charge is 0.461 e. The Labute approximate surface area is 191 Å². The number of halogens is 1. The summed E-state index contributed by atoms with van der Waals surface area (Å²) in [4.78, 5) is 36.4. The Morgan fingerprint density at radius 2 is 1.65 bits per heavy atom. The van der Waals surface area contributed by atoms with Crippen LogP contribution in [0.3, 0.4) is 0 Å². The quantitative estimate of drug-likeness (QED) is 0.214. The zero-order chi connectivity index (χ0) is 23.0. The number of esters is 2. The summed E-state index contributed by atoms with van der Waals surface area (Å²) in [5, 5.41) is 0.716. The molecule has 10 heteroatoms. The van der Waals surface area contributed by atoms with E-state index < -0.39 is 11.9 Å². The second kappa shape index (κ2) is 8.79. The van der Waals surface area contributed by atoms with Crippen molar-refractivity contribution in [2.75, 3.05) is 0 Å². The van der Waals surface area contributed by atoms with E-state index in [1.165, 1.54) is 13.8 Å². The number of furan rings is 1. The maximum absolute atomic E-state index is 13.6. The highest BCUT2D eigenvalue weighted by Crippen LogP contribution is 2.31. The molecule has 0 saturated carbocycles. The van der Waals surface area contributed by atoms with Crippen LogP contribution in [0.25, 0.3) is 11.0 Å². The molecule has 2 aromatic carbocycles. The smallest absolute Gasteiger partial charge is 0.308 e. The Bertz CT molecular complexity index is 1250. The van der Waals surface area contributed by atoms with Crippen LogP contribution in [0.2, 0.25) is 0 Å². The van der Waals surface area contributed by atoms with E-state index >= 15 is 0 Å². The Morgan fingerprint density at radius 3 is 2.19 bits per heavy atom. The maximum Gasteiger partial charge on any atom is 0.308 e. The summed E-state index contributed by atoms with van der Waals surface area (Å²) in [5.74, 6) is 0.297. The summed E-state index contributed by atoms with van der Waals surface area (Å²) in [7, 11) is 5.56. The van der Waals surface area contributed by atoms with Crippen molar-refractivity contribution in [1.82, 2.24) is 0 Å². The molecule has 1 aromatic heterocycles. The van der Waals surface area contributed by atoms with E-state index in [0.29, 0.717) is 55.7 Å². The predicted molar refractivity (Wildman–Crippen MR) is 130 cm³/mol. The number of ether oxygens (including phenoxy) is 2. The molecule has 0 fully saturated rings. The molecule has 0 aliphatic heterocycles. The minimum atomic E-state index is -0.445. The molecule has 0 spiro atoms. The molecule has 3 rings (SSSR count). The van der Waals surface area contributed by atoms with Crippen molar-refractivity contribution >= 4 is 84.5 Å². The highest BCUT2D eigenvalue weighted by atomic mass is 79.9. The third-order valence-electron chi connectivity index (χ3n) is 5.18. The summed E-state index contributed by atoms with van der Waals surface area (Å²) in [5.41, 5.74) is 3.73. The molecule has 0 N–H and O–H groups in total. The average Bonchev–Trinajstić information content (AvgIpc) is 3.10. The van der Waals surface area contributed by atoms with Gasteiger partial charge in [-0.1, -0.05) is 17.8 Å². The minimum Gasteiger partial charge on any atom is -0.461 e. The highest BCUT2D eigenvalue weighted by Gasteiger charge is 2.27. The number of hydrogen-bond acceptors (Lipinski definition) is 6. The molecule has 0 amide bonds. The van der Waals surface area contributed by atoms with Crippen LogP contribution in [0.5, 0.6) is 11.5 Å². The summed E-state index contributed by atoms with van der Waals surface area (Å²) >= 11 is 3.36. The van der Waals surface area contributed by atoms with Crippen molar-refractivity contribution in [3.05, 3.63) is 39.6 Å². The fourth-order valence-corrected chi connectivity index (χ4v) is 4.11. The average molecular weight is 481 g/mol. The molecule has 0 unspecified atom stereocenters. The molecule has 0 aliphatic carbocycles. The van der Waals surface area contributed by atoms with Crippen molar-refractivity contribution in [1.29, 1.82) is 0 Å². The van der Waals surface area contributed by atoms with E-state index in [0.717, 1.165) is 10.9 Å². The van der Waals surface area contributed by atoms with Crippen LogP contribution in [0.4, 0.5) is 0 Å². The Balaban J connectivity index is 2.22. The van der Waals surface area contributed by atoms with E-state index in [-0.39, 0.29) is 5.78 Å². The molecule has 6 nitrogen and oxygen atoms in total. The van der Waals surface area contributed by atoms with Crippen molar-refractivity contribution in [2.45, 2.75) is 27.2 Å². The Kier molecular flexibility index (Phi) is 6.50. The lowest BCUT2D eigenvalue weighted by molar-refractivity contribution is -0.132. The van der Waals surface area contributed by atoms with Crippen molar-refractivity contribution < 1.29 is 28.3 Å². The Morgan fingerprint density at radius 1 is 1.00 bits per heavy atom. The van der Waals surface area contributed by atoms with Crippen LogP contribution in [-0.2, 0) is 16.0 Å². The van der Waals surface area contributed by atoms with Crippen molar-refractivity contribution in [3.63, 3.8) is 0 Å². The number of carbonyl (C=O) groups excluding carboxylic acids is 3. The monoisotopic (exact) mass is 480 g/mol. The highest BCUT2D eigenvalue weighted by molar-refractivity contribution is 9.10. The zero-order valence-corrected chi connectivity index (χ0v) is 19.9. The lowest BCUT2D eigenvalue weighted by atomic mass is 9.73. The van der Waals surface area contributed by atoms with Gasteiger partial charge in [0.15, 0.2) is 5.78 Å². The third kappa shape index (κ3) is 4.21.